The number of hydrogen-bond acceptors (Lipinski definition) is 6. The highest BCUT2D eigenvalue weighted by molar-refractivity contribution is 7.18. The molecule has 0 unspecified atom stereocenters. The van der Waals surface area contributed by atoms with Gasteiger partial charge in [0.2, 0.25) is 5.91 Å². The first-order valence-corrected chi connectivity index (χ1v) is 12.2. The van der Waals surface area contributed by atoms with Gasteiger partial charge in [0.15, 0.2) is 0 Å². The predicted molar refractivity (Wildman–Crippen MR) is 128 cm³/mol. The molecule has 0 bridgehead atoms. The highest BCUT2D eigenvalue weighted by atomic mass is 35.5. The van der Waals surface area contributed by atoms with Gasteiger partial charge in [0.1, 0.15) is 12.6 Å². The predicted octanol–water partition coefficient (Wildman–Crippen LogP) is 3.54. The third-order valence-electron chi connectivity index (χ3n) is 5.33. The maximum atomic E-state index is 13.8. The lowest BCUT2D eigenvalue weighted by Gasteiger charge is -2.28. The SMILES string of the molecule is O=C(NC[C@@H](NC(=O)C(F)(F)C(F)F)C(=O)Nc1ccc(N2CCOCC2=O)cc1C(F)(F)F)c1ccc(Cl)s1. The summed E-state index contributed by atoms with van der Waals surface area (Å²) in [7, 11) is 0. The van der Waals surface area contributed by atoms with Gasteiger partial charge in [0.25, 0.3) is 17.7 Å². The zero-order valence-electron chi connectivity index (χ0n) is 19.8. The van der Waals surface area contributed by atoms with Crippen molar-refractivity contribution in [1.82, 2.24) is 10.6 Å². The summed E-state index contributed by atoms with van der Waals surface area (Å²) < 4.78 is 99.0. The molecular formula is C22H18ClF7N4O5S. The number of benzene rings is 1. The van der Waals surface area contributed by atoms with Gasteiger partial charge in [-0.1, -0.05) is 11.6 Å². The Morgan fingerprint density at radius 2 is 1.80 bits per heavy atom. The fraction of sp³-hybridized carbons (Fsp3) is 0.364. The average Bonchev–Trinajstić information content (AvgIpc) is 3.32. The molecule has 40 heavy (non-hydrogen) atoms. The third-order valence-corrected chi connectivity index (χ3v) is 6.56. The van der Waals surface area contributed by atoms with E-state index in [0.717, 1.165) is 28.4 Å². The minimum Gasteiger partial charge on any atom is -0.370 e. The second-order valence-corrected chi connectivity index (χ2v) is 9.79. The van der Waals surface area contributed by atoms with Crippen LogP contribution in [0, 0.1) is 0 Å². The summed E-state index contributed by atoms with van der Waals surface area (Å²) in [6.45, 7) is -1.34. The number of carbonyl (C=O) groups is 4. The van der Waals surface area contributed by atoms with Gasteiger partial charge in [-0.25, -0.2) is 8.78 Å². The number of amides is 4. The molecule has 1 saturated heterocycles. The van der Waals surface area contributed by atoms with Crippen LogP contribution in [0.5, 0.6) is 0 Å². The molecule has 0 saturated carbocycles. The van der Waals surface area contributed by atoms with Crippen molar-refractivity contribution in [3.63, 3.8) is 0 Å². The van der Waals surface area contributed by atoms with Crippen LogP contribution in [-0.4, -0.2) is 68.3 Å². The molecule has 1 aromatic carbocycles. The monoisotopic (exact) mass is 618 g/mol. The Morgan fingerprint density at radius 3 is 2.38 bits per heavy atom. The van der Waals surface area contributed by atoms with E-state index >= 15 is 0 Å². The van der Waals surface area contributed by atoms with E-state index in [1.165, 1.54) is 17.4 Å². The molecule has 0 radical (unpaired) electrons. The van der Waals surface area contributed by atoms with Crippen LogP contribution in [0.4, 0.5) is 42.1 Å². The lowest BCUT2D eigenvalue weighted by Crippen LogP contribution is -2.56. The first-order valence-electron chi connectivity index (χ1n) is 11.0. The van der Waals surface area contributed by atoms with Gasteiger partial charge in [-0.05, 0) is 30.3 Å². The van der Waals surface area contributed by atoms with E-state index in [1.807, 2.05) is 5.32 Å². The van der Waals surface area contributed by atoms with Gasteiger partial charge in [-0.15, -0.1) is 11.3 Å². The number of nitrogens with zero attached hydrogens (tertiary/aromatic N) is 1. The van der Waals surface area contributed by atoms with Crippen molar-refractivity contribution in [1.29, 1.82) is 0 Å². The number of nitrogens with one attached hydrogen (secondary N) is 3. The number of morpholine rings is 1. The van der Waals surface area contributed by atoms with E-state index in [4.69, 9.17) is 16.3 Å². The molecule has 2 aromatic rings. The molecule has 0 spiro atoms. The van der Waals surface area contributed by atoms with Gasteiger partial charge < -0.3 is 25.6 Å². The van der Waals surface area contributed by atoms with Crippen molar-refractivity contribution in [2.45, 2.75) is 24.6 Å². The Morgan fingerprint density at radius 1 is 1.10 bits per heavy atom. The van der Waals surface area contributed by atoms with Gasteiger partial charge in [-0.3, -0.25) is 19.2 Å². The number of carbonyl (C=O) groups excluding carboxylic acids is 4. The van der Waals surface area contributed by atoms with E-state index in [9.17, 15) is 49.9 Å². The lowest BCUT2D eigenvalue weighted by atomic mass is 10.1. The van der Waals surface area contributed by atoms with Crippen LogP contribution < -0.4 is 20.9 Å². The number of thiophene rings is 1. The normalized spacial score (nSPS) is 15.1. The van der Waals surface area contributed by atoms with Gasteiger partial charge in [0, 0.05) is 18.8 Å². The highest BCUT2D eigenvalue weighted by Crippen LogP contribution is 2.38. The van der Waals surface area contributed by atoms with Crippen LogP contribution in [0.3, 0.4) is 0 Å². The number of rotatable bonds is 9. The largest absolute Gasteiger partial charge is 0.418 e. The summed E-state index contributed by atoms with van der Waals surface area (Å²) >= 11 is 6.50. The molecule has 9 nitrogen and oxygen atoms in total. The van der Waals surface area contributed by atoms with E-state index in [2.05, 4.69) is 5.32 Å². The molecule has 0 aliphatic carbocycles. The second-order valence-electron chi connectivity index (χ2n) is 8.08. The van der Waals surface area contributed by atoms with Crippen LogP contribution in [0.25, 0.3) is 0 Å². The standard InChI is InChI=1S/C22H18ClF7N4O5S/c23-15-4-3-14(40-15)18(37)31-8-13(33-20(38)21(26,27)19(24)25)17(36)32-12-2-1-10(7-11(12)22(28,29)30)34-5-6-39-9-16(34)35/h1-4,7,13,19H,5-6,8-9H2,(H,31,37)(H,32,36)(H,33,38)/t13-/m1/s1. The molecule has 2 heterocycles. The van der Waals surface area contributed by atoms with E-state index in [0.29, 0.717) is 6.07 Å². The Kier molecular flexibility index (Phi) is 9.63. The molecule has 3 rings (SSSR count). The summed E-state index contributed by atoms with van der Waals surface area (Å²) in [6, 6.07) is 2.77. The molecule has 18 heteroatoms. The average molecular weight is 619 g/mol. The first kappa shape index (κ1) is 31.1. The summed E-state index contributed by atoms with van der Waals surface area (Å²) in [5.41, 5.74) is -2.53. The van der Waals surface area contributed by atoms with Gasteiger partial charge in [0.05, 0.1) is 27.1 Å². The van der Waals surface area contributed by atoms with Crippen molar-refractivity contribution in [3.8, 4) is 0 Å². The minimum absolute atomic E-state index is 0.0130. The first-order chi connectivity index (χ1) is 18.6. The van der Waals surface area contributed by atoms with Crippen molar-refractivity contribution in [2.24, 2.45) is 0 Å². The Hall–Kier alpha value is -3.44. The van der Waals surface area contributed by atoms with Crippen LogP contribution in [0.15, 0.2) is 30.3 Å². The van der Waals surface area contributed by atoms with E-state index < -0.39 is 66.0 Å². The third kappa shape index (κ3) is 7.39. The molecular weight excluding hydrogens is 601 g/mol. The summed E-state index contributed by atoms with van der Waals surface area (Å²) in [5, 5.41) is 5.23. The van der Waals surface area contributed by atoms with E-state index in [-0.39, 0.29) is 34.7 Å². The molecule has 1 aliphatic rings. The van der Waals surface area contributed by atoms with Crippen molar-refractivity contribution in [2.75, 3.05) is 36.5 Å². The summed E-state index contributed by atoms with van der Waals surface area (Å²) in [5.74, 6) is -10.9. The van der Waals surface area contributed by atoms with Gasteiger partial charge in [-0.2, -0.15) is 22.0 Å². The minimum atomic E-state index is -5.26. The Labute approximate surface area is 229 Å². The zero-order valence-corrected chi connectivity index (χ0v) is 21.4. The van der Waals surface area contributed by atoms with E-state index in [1.54, 1.807) is 0 Å². The summed E-state index contributed by atoms with van der Waals surface area (Å²) in [4.78, 5) is 49.9. The molecule has 4 amide bonds. The molecule has 3 N–H and O–H groups in total. The van der Waals surface area contributed by atoms with Crippen LogP contribution in [0.2, 0.25) is 4.34 Å². The molecule has 1 aromatic heterocycles. The van der Waals surface area contributed by atoms with Crippen molar-refractivity contribution in [3.05, 3.63) is 45.1 Å². The topological polar surface area (TPSA) is 117 Å². The fourth-order valence-corrected chi connectivity index (χ4v) is 4.30. The van der Waals surface area contributed by atoms with Gasteiger partial charge >= 0.3 is 18.5 Å². The summed E-state index contributed by atoms with van der Waals surface area (Å²) in [6.07, 6.45) is -9.56. The Bertz CT molecular complexity index is 1290. The molecule has 1 atom stereocenters. The molecule has 1 fully saturated rings. The number of alkyl halides is 7. The lowest BCUT2D eigenvalue weighted by molar-refractivity contribution is -0.170. The highest BCUT2D eigenvalue weighted by Gasteiger charge is 2.50. The van der Waals surface area contributed by atoms with Crippen LogP contribution in [-0.2, 0) is 25.3 Å². The maximum absolute atomic E-state index is 13.8. The smallest absolute Gasteiger partial charge is 0.370 e. The maximum Gasteiger partial charge on any atom is 0.418 e. The van der Waals surface area contributed by atoms with Crippen molar-refractivity contribution >= 4 is 57.9 Å². The van der Waals surface area contributed by atoms with Crippen LogP contribution >= 0.6 is 22.9 Å². The van der Waals surface area contributed by atoms with Crippen molar-refractivity contribution < 1.29 is 54.6 Å². The zero-order chi connectivity index (χ0) is 29.8. The fourth-order valence-electron chi connectivity index (χ4n) is 3.34. The number of anilines is 2. The number of halogens is 8. The number of ether oxygens (including phenoxy) is 1. The second kappa shape index (κ2) is 12.4. The van der Waals surface area contributed by atoms with Crippen LogP contribution in [0.1, 0.15) is 15.2 Å². The molecule has 1 aliphatic heterocycles. The molecule has 218 valence electrons. The Balaban J connectivity index is 1.87. The number of hydrogen-bond donors (Lipinski definition) is 3. The quantitative estimate of drug-likeness (QED) is 0.372.